The molecule has 2 fully saturated rings. The molecule has 5 nitrogen and oxygen atoms in total. The molecule has 1 atom stereocenters. The first-order chi connectivity index (χ1) is 9.87. The monoisotopic (exact) mass is 317 g/mol. The van der Waals surface area contributed by atoms with Crippen LogP contribution in [0.4, 0.5) is 0 Å². The summed E-state index contributed by atoms with van der Waals surface area (Å²) in [4.78, 5) is 0. The summed E-state index contributed by atoms with van der Waals surface area (Å²) in [7, 11) is -3.31. The minimum absolute atomic E-state index is 0.00394. The van der Waals surface area contributed by atoms with Crippen molar-refractivity contribution in [2.45, 2.75) is 65.0 Å². The molecule has 0 aromatic rings. The molecular weight excluding hydrogens is 286 g/mol. The summed E-state index contributed by atoms with van der Waals surface area (Å²) in [5.74, 6) is 1.13. The number of rotatable bonds is 8. The zero-order chi connectivity index (χ0) is 15.5. The number of nitrogens with one attached hydrogen (secondary N) is 2. The van der Waals surface area contributed by atoms with E-state index in [4.69, 9.17) is 0 Å². The van der Waals surface area contributed by atoms with E-state index in [0.29, 0.717) is 24.9 Å². The fourth-order valence-corrected chi connectivity index (χ4v) is 4.50. The Morgan fingerprint density at radius 3 is 2.24 bits per heavy atom. The molecule has 1 heterocycles. The lowest BCUT2D eigenvalue weighted by Gasteiger charge is -2.32. The Balaban J connectivity index is 1.73. The van der Waals surface area contributed by atoms with E-state index < -0.39 is 10.2 Å². The molecule has 6 heteroatoms. The Labute approximate surface area is 130 Å². The summed E-state index contributed by atoms with van der Waals surface area (Å²) < 4.78 is 29.2. The SMILES string of the molecule is CC(C)CC(C)NS(=O)(=O)N1CCC(CNC2CC2)CC1. The van der Waals surface area contributed by atoms with Crippen LogP contribution in [0, 0.1) is 11.8 Å². The summed E-state index contributed by atoms with van der Waals surface area (Å²) in [5, 5.41) is 3.55. The molecule has 0 bridgehead atoms. The topological polar surface area (TPSA) is 61.4 Å². The Bertz CT molecular complexity index is 413. The van der Waals surface area contributed by atoms with Gasteiger partial charge in [-0.05, 0) is 57.4 Å². The average Bonchev–Trinajstić information content (AvgIpc) is 3.19. The molecule has 0 amide bonds. The van der Waals surface area contributed by atoms with E-state index in [0.717, 1.165) is 31.8 Å². The van der Waals surface area contributed by atoms with E-state index >= 15 is 0 Å². The van der Waals surface area contributed by atoms with Crippen LogP contribution in [0.15, 0.2) is 0 Å². The standard InChI is InChI=1S/C15H31N3O2S/c1-12(2)10-13(3)17-21(19,20)18-8-6-14(7-9-18)11-16-15-4-5-15/h12-17H,4-11H2,1-3H3. The third-order valence-electron chi connectivity index (χ3n) is 4.36. The summed E-state index contributed by atoms with van der Waals surface area (Å²) in [6.07, 6.45) is 5.44. The summed E-state index contributed by atoms with van der Waals surface area (Å²) >= 11 is 0. The Hall–Kier alpha value is -0.170. The van der Waals surface area contributed by atoms with Crippen LogP contribution in [0.3, 0.4) is 0 Å². The van der Waals surface area contributed by atoms with Crippen molar-refractivity contribution in [3.8, 4) is 0 Å². The van der Waals surface area contributed by atoms with Gasteiger partial charge >= 0.3 is 0 Å². The minimum atomic E-state index is -3.31. The van der Waals surface area contributed by atoms with Gasteiger partial charge in [-0.3, -0.25) is 0 Å². The van der Waals surface area contributed by atoms with Crippen molar-refractivity contribution in [2.75, 3.05) is 19.6 Å². The highest BCUT2D eigenvalue weighted by Crippen LogP contribution is 2.22. The van der Waals surface area contributed by atoms with Crippen LogP contribution in [-0.2, 0) is 10.2 Å². The Morgan fingerprint density at radius 1 is 1.10 bits per heavy atom. The first-order valence-electron chi connectivity index (χ1n) is 8.37. The van der Waals surface area contributed by atoms with Gasteiger partial charge in [0.05, 0.1) is 0 Å². The number of piperidine rings is 1. The van der Waals surface area contributed by atoms with Crippen molar-refractivity contribution in [3.05, 3.63) is 0 Å². The molecule has 2 rings (SSSR count). The second-order valence-corrected chi connectivity index (χ2v) is 8.88. The van der Waals surface area contributed by atoms with Crippen LogP contribution in [0.1, 0.15) is 52.9 Å². The minimum Gasteiger partial charge on any atom is -0.314 e. The summed E-state index contributed by atoms with van der Waals surface area (Å²) in [6, 6.07) is 0.745. The lowest BCUT2D eigenvalue weighted by molar-refractivity contribution is 0.263. The van der Waals surface area contributed by atoms with Gasteiger partial charge in [-0.2, -0.15) is 17.4 Å². The molecule has 124 valence electrons. The van der Waals surface area contributed by atoms with E-state index in [1.165, 1.54) is 12.8 Å². The number of hydrogen-bond donors (Lipinski definition) is 2. The maximum absolute atomic E-state index is 12.4. The Kier molecular flexibility index (Phi) is 6.05. The van der Waals surface area contributed by atoms with Crippen LogP contribution in [0.5, 0.6) is 0 Å². The second kappa shape index (κ2) is 7.40. The van der Waals surface area contributed by atoms with Crippen LogP contribution in [0.2, 0.25) is 0 Å². The second-order valence-electron chi connectivity index (χ2n) is 7.18. The molecule has 1 saturated carbocycles. The molecule has 1 unspecified atom stereocenters. The lowest BCUT2D eigenvalue weighted by Crippen LogP contribution is -2.48. The highest BCUT2D eigenvalue weighted by Gasteiger charge is 2.30. The van der Waals surface area contributed by atoms with Crippen LogP contribution in [-0.4, -0.2) is 44.4 Å². The zero-order valence-electron chi connectivity index (χ0n) is 13.6. The van der Waals surface area contributed by atoms with E-state index in [1.807, 2.05) is 6.92 Å². The highest BCUT2D eigenvalue weighted by atomic mass is 32.2. The van der Waals surface area contributed by atoms with Gasteiger partial charge in [0.1, 0.15) is 0 Å². The van der Waals surface area contributed by atoms with E-state index in [2.05, 4.69) is 23.9 Å². The summed E-state index contributed by atoms with van der Waals surface area (Å²) in [6.45, 7) is 8.54. The smallest absolute Gasteiger partial charge is 0.279 e. The van der Waals surface area contributed by atoms with Gasteiger partial charge in [-0.15, -0.1) is 0 Å². The van der Waals surface area contributed by atoms with Crippen molar-refractivity contribution in [1.29, 1.82) is 0 Å². The molecule has 0 spiro atoms. The molecule has 0 radical (unpaired) electrons. The number of hydrogen-bond acceptors (Lipinski definition) is 3. The van der Waals surface area contributed by atoms with Gasteiger partial charge in [0.25, 0.3) is 10.2 Å². The fraction of sp³-hybridized carbons (Fsp3) is 1.00. The molecule has 0 aromatic heterocycles. The van der Waals surface area contributed by atoms with Gasteiger partial charge in [0.2, 0.25) is 0 Å². The van der Waals surface area contributed by atoms with Gasteiger partial charge in [0, 0.05) is 25.2 Å². The summed E-state index contributed by atoms with van der Waals surface area (Å²) in [5.41, 5.74) is 0. The molecule has 2 N–H and O–H groups in total. The van der Waals surface area contributed by atoms with E-state index in [1.54, 1.807) is 4.31 Å². The molecule has 0 aromatic carbocycles. The number of nitrogens with zero attached hydrogens (tertiary/aromatic N) is 1. The highest BCUT2D eigenvalue weighted by molar-refractivity contribution is 7.87. The van der Waals surface area contributed by atoms with Crippen molar-refractivity contribution in [2.24, 2.45) is 11.8 Å². The maximum Gasteiger partial charge on any atom is 0.279 e. The van der Waals surface area contributed by atoms with Crippen LogP contribution < -0.4 is 10.0 Å². The van der Waals surface area contributed by atoms with Crippen molar-refractivity contribution < 1.29 is 8.42 Å². The van der Waals surface area contributed by atoms with Gasteiger partial charge in [-0.1, -0.05) is 13.8 Å². The third kappa shape index (κ3) is 5.85. The van der Waals surface area contributed by atoms with E-state index in [-0.39, 0.29) is 6.04 Å². The zero-order valence-corrected chi connectivity index (χ0v) is 14.5. The van der Waals surface area contributed by atoms with Crippen molar-refractivity contribution >= 4 is 10.2 Å². The first-order valence-corrected chi connectivity index (χ1v) is 9.81. The molecule has 1 saturated heterocycles. The van der Waals surface area contributed by atoms with Gasteiger partial charge < -0.3 is 5.32 Å². The average molecular weight is 317 g/mol. The van der Waals surface area contributed by atoms with Crippen molar-refractivity contribution in [1.82, 2.24) is 14.3 Å². The van der Waals surface area contributed by atoms with Crippen molar-refractivity contribution in [3.63, 3.8) is 0 Å². The van der Waals surface area contributed by atoms with Gasteiger partial charge in [0.15, 0.2) is 0 Å². The largest absolute Gasteiger partial charge is 0.314 e. The van der Waals surface area contributed by atoms with Crippen LogP contribution >= 0.6 is 0 Å². The first kappa shape index (κ1) is 17.2. The third-order valence-corrected chi connectivity index (χ3v) is 6.11. The quantitative estimate of drug-likeness (QED) is 0.716. The normalized spacial score (nSPS) is 23.6. The molecular formula is C15H31N3O2S. The molecule has 21 heavy (non-hydrogen) atoms. The predicted octanol–water partition coefficient (Wildman–Crippen LogP) is 1.72. The Morgan fingerprint density at radius 2 is 1.71 bits per heavy atom. The van der Waals surface area contributed by atoms with E-state index in [9.17, 15) is 8.42 Å². The molecule has 1 aliphatic carbocycles. The maximum atomic E-state index is 12.4. The predicted molar refractivity (Wildman–Crippen MR) is 86.3 cm³/mol. The van der Waals surface area contributed by atoms with Crippen LogP contribution in [0.25, 0.3) is 0 Å². The lowest BCUT2D eigenvalue weighted by atomic mass is 9.98. The molecule has 1 aliphatic heterocycles. The van der Waals surface area contributed by atoms with Gasteiger partial charge in [-0.25, -0.2) is 0 Å². The fourth-order valence-electron chi connectivity index (χ4n) is 3.06. The molecule has 2 aliphatic rings.